The number of rotatable bonds is 4. The second-order valence-corrected chi connectivity index (χ2v) is 5.22. The van der Waals surface area contributed by atoms with Crippen LogP contribution in [0.1, 0.15) is 25.7 Å². The summed E-state index contributed by atoms with van der Waals surface area (Å²) in [4.78, 5) is 2.01. The van der Waals surface area contributed by atoms with Gasteiger partial charge in [0.1, 0.15) is 5.82 Å². The summed E-state index contributed by atoms with van der Waals surface area (Å²) in [5.41, 5.74) is 6.78. The second-order valence-electron chi connectivity index (χ2n) is 5.22. The van der Waals surface area contributed by atoms with Crippen LogP contribution >= 0.6 is 0 Å². The fraction of sp³-hybridized carbons (Fsp3) is 0.571. The lowest BCUT2D eigenvalue weighted by Gasteiger charge is -2.33. The van der Waals surface area contributed by atoms with Crippen molar-refractivity contribution in [2.45, 2.75) is 25.7 Å². The van der Waals surface area contributed by atoms with E-state index in [4.69, 9.17) is 5.73 Å². The van der Waals surface area contributed by atoms with E-state index in [0.717, 1.165) is 6.54 Å². The highest BCUT2D eigenvalue weighted by Crippen LogP contribution is 2.38. The first-order chi connectivity index (χ1) is 8.17. The van der Waals surface area contributed by atoms with Crippen molar-refractivity contribution in [1.82, 2.24) is 0 Å². The van der Waals surface area contributed by atoms with E-state index in [1.165, 1.54) is 31.7 Å². The van der Waals surface area contributed by atoms with Gasteiger partial charge in [0, 0.05) is 19.0 Å². The maximum atomic E-state index is 13.7. The van der Waals surface area contributed by atoms with Crippen molar-refractivity contribution in [3.8, 4) is 0 Å². The molecule has 0 aliphatic heterocycles. The molecule has 1 saturated carbocycles. The van der Waals surface area contributed by atoms with Gasteiger partial charge in [0.2, 0.25) is 0 Å². The zero-order chi connectivity index (χ0) is 12.3. The summed E-state index contributed by atoms with van der Waals surface area (Å²) < 4.78 is 13.7. The van der Waals surface area contributed by atoms with Gasteiger partial charge >= 0.3 is 0 Å². The summed E-state index contributed by atoms with van der Waals surface area (Å²) in [6.07, 6.45) is 4.84. The first-order valence-electron chi connectivity index (χ1n) is 6.33. The minimum atomic E-state index is -0.153. The molecule has 2 N–H and O–H groups in total. The van der Waals surface area contributed by atoms with E-state index in [1.807, 2.05) is 24.1 Å². The zero-order valence-corrected chi connectivity index (χ0v) is 10.5. The van der Waals surface area contributed by atoms with Crippen LogP contribution in [0.15, 0.2) is 24.3 Å². The van der Waals surface area contributed by atoms with Gasteiger partial charge in [-0.15, -0.1) is 0 Å². The van der Waals surface area contributed by atoms with Gasteiger partial charge < -0.3 is 10.6 Å². The number of anilines is 1. The third-order valence-electron chi connectivity index (χ3n) is 3.93. The molecule has 0 amide bonds. The Morgan fingerprint density at radius 3 is 2.53 bits per heavy atom. The molecule has 2 rings (SSSR count). The lowest BCUT2D eigenvalue weighted by atomic mass is 9.85. The number of nitrogens with two attached hydrogens (primary N) is 1. The highest BCUT2D eigenvalue weighted by atomic mass is 19.1. The van der Waals surface area contributed by atoms with Crippen LogP contribution in [0.5, 0.6) is 0 Å². The summed E-state index contributed by atoms with van der Waals surface area (Å²) in [5, 5.41) is 0. The lowest BCUT2D eigenvalue weighted by Crippen LogP contribution is -2.39. The summed E-state index contributed by atoms with van der Waals surface area (Å²) in [5.74, 6) is -0.153. The van der Waals surface area contributed by atoms with Crippen LogP contribution in [0.4, 0.5) is 10.1 Å². The Hall–Kier alpha value is -1.09. The van der Waals surface area contributed by atoms with E-state index >= 15 is 0 Å². The number of halogens is 1. The highest BCUT2D eigenvalue weighted by Gasteiger charge is 2.33. The molecule has 0 heterocycles. The normalized spacial score (nSPS) is 18.3. The second kappa shape index (κ2) is 5.05. The van der Waals surface area contributed by atoms with Crippen LogP contribution in [-0.2, 0) is 0 Å². The molecule has 1 aliphatic rings. The fourth-order valence-electron chi connectivity index (χ4n) is 2.90. The fourth-order valence-corrected chi connectivity index (χ4v) is 2.90. The number of benzene rings is 1. The van der Waals surface area contributed by atoms with Gasteiger partial charge in [-0.3, -0.25) is 0 Å². The van der Waals surface area contributed by atoms with Crippen LogP contribution in [-0.4, -0.2) is 20.1 Å². The zero-order valence-electron chi connectivity index (χ0n) is 10.5. The molecule has 2 nitrogen and oxygen atoms in total. The van der Waals surface area contributed by atoms with Crippen LogP contribution in [0.25, 0.3) is 0 Å². The molecule has 1 aromatic carbocycles. The van der Waals surface area contributed by atoms with Crippen molar-refractivity contribution in [1.29, 1.82) is 0 Å². The van der Waals surface area contributed by atoms with Gasteiger partial charge in [-0.2, -0.15) is 0 Å². The Labute approximate surface area is 103 Å². The average Bonchev–Trinajstić information content (AvgIpc) is 2.79. The lowest BCUT2D eigenvalue weighted by molar-refractivity contribution is 0.315. The molecule has 0 unspecified atom stereocenters. The number of hydrogen-bond donors (Lipinski definition) is 1. The van der Waals surface area contributed by atoms with Crippen molar-refractivity contribution in [2.24, 2.45) is 11.1 Å². The summed E-state index contributed by atoms with van der Waals surface area (Å²) in [7, 11) is 1.95. The third kappa shape index (κ3) is 2.60. The smallest absolute Gasteiger partial charge is 0.146 e. The summed E-state index contributed by atoms with van der Waals surface area (Å²) in [6.45, 7) is 1.55. The molecule has 17 heavy (non-hydrogen) atoms. The minimum absolute atomic E-state index is 0.153. The maximum absolute atomic E-state index is 13.7. The van der Waals surface area contributed by atoms with E-state index < -0.39 is 0 Å². The summed E-state index contributed by atoms with van der Waals surface area (Å²) in [6, 6.07) is 6.93. The third-order valence-corrected chi connectivity index (χ3v) is 3.93. The quantitative estimate of drug-likeness (QED) is 0.871. The molecule has 1 fully saturated rings. The molecular weight excluding hydrogens is 215 g/mol. The van der Waals surface area contributed by atoms with Crippen molar-refractivity contribution >= 4 is 5.69 Å². The summed E-state index contributed by atoms with van der Waals surface area (Å²) >= 11 is 0. The van der Waals surface area contributed by atoms with Gasteiger partial charge in [-0.25, -0.2) is 4.39 Å². The molecule has 0 atom stereocenters. The van der Waals surface area contributed by atoms with Crippen molar-refractivity contribution in [3.63, 3.8) is 0 Å². The maximum Gasteiger partial charge on any atom is 0.146 e. The Morgan fingerprint density at radius 2 is 1.94 bits per heavy atom. The van der Waals surface area contributed by atoms with Gasteiger partial charge in [-0.1, -0.05) is 25.0 Å². The Morgan fingerprint density at radius 1 is 1.29 bits per heavy atom. The van der Waals surface area contributed by atoms with E-state index in [0.29, 0.717) is 12.2 Å². The molecule has 0 bridgehead atoms. The molecule has 3 heteroatoms. The van der Waals surface area contributed by atoms with Crippen LogP contribution in [0, 0.1) is 11.2 Å². The molecule has 0 saturated heterocycles. The van der Waals surface area contributed by atoms with E-state index in [1.54, 1.807) is 6.07 Å². The molecule has 1 aliphatic carbocycles. The Kier molecular flexibility index (Phi) is 3.67. The first-order valence-corrected chi connectivity index (χ1v) is 6.33. The van der Waals surface area contributed by atoms with Gasteiger partial charge in [0.25, 0.3) is 0 Å². The van der Waals surface area contributed by atoms with Crippen molar-refractivity contribution in [2.75, 3.05) is 25.0 Å². The average molecular weight is 236 g/mol. The predicted octanol–water partition coefficient (Wildman–Crippen LogP) is 2.78. The molecule has 0 radical (unpaired) electrons. The molecule has 0 spiro atoms. The largest absolute Gasteiger partial charge is 0.372 e. The molecule has 0 aromatic heterocycles. The minimum Gasteiger partial charge on any atom is -0.372 e. The monoisotopic (exact) mass is 236 g/mol. The predicted molar refractivity (Wildman–Crippen MR) is 69.6 cm³/mol. The Balaban J connectivity index is 2.11. The van der Waals surface area contributed by atoms with Gasteiger partial charge in [0.15, 0.2) is 0 Å². The number of nitrogens with zero attached hydrogens (tertiary/aromatic N) is 1. The standard InChI is InChI=1S/C14H21FN2/c1-17(13-7-3-2-6-12(13)15)11-14(10-16)8-4-5-9-14/h2-3,6-7H,4-5,8-11,16H2,1H3. The van der Waals surface area contributed by atoms with Crippen LogP contribution < -0.4 is 10.6 Å². The SMILES string of the molecule is CN(CC1(CN)CCCC1)c1ccccc1F. The van der Waals surface area contributed by atoms with Crippen LogP contribution in [0.3, 0.4) is 0 Å². The molecule has 1 aromatic rings. The molecule has 94 valence electrons. The van der Waals surface area contributed by atoms with E-state index in [2.05, 4.69) is 0 Å². The van der Waals surface area contributed by atoms with Gasteiger partial charge in [0.05, 0.1) is 5.69 Å². The van der Waals surface area contributed by atoms with Crippen molar-refractivity contribution in [3.05, 3.63) is 30.1 Å². The number of hydrogen-bond acceptors (Lipinski definition) is 2. The highest BCUT2D eigenvalue weighted by molar-refractivity contribution is 5.47. The Bertz CT molecular complexity index is 372. The van der Waals surface area contributed by atoms with E-state index in [9.17, 15) is 4.39 Å². The van der Waals surface area contributed by atoms with Gasteiger partial charge in [-0.05, 0) is 31.5 Å². The topological polar surface area (TPSA) is 29.3 Å². The molecular formula is C14H21FN2. The van der Waals surface area contributed by atoms with Crippen LogP contribution in [0.2, 0.25) is 0 Å². The first kappa shape index (κ1) is 12.4. The van der Waals surface area contributed by atoms with E-state index in [-0.39, 0.29) is 11.2 Å². The number of para-hydroxylation sites is 1. The van der Waals surface area contributed by atoms with Crippen molar-refractivity contribution < 1.29 is 4.39 Å².